The van der Waals surface area contributed by atoms with Crippen LogP contribution in [0.15, 0.2) is 24.3 Å². The first-order valence-corrected chi connectivity index (χ1v) is 5.63. The van der Waals surface area contributed by atoms with E-state index >= 15 is 0 Å². The number of carbonyl (C=O) groups excluding carboxylic acids is 1. The Hall–Kier alpha value is -1.55. The van der Waals surface area contributed by atoms with Gasteiger partial charge in [0.1, 0.15) is 5.75 Å². The lowest BCUT2D eigenvalue weighted by molar-refractivity contribution is 0.0866. The topological polar surface area (TPSA) is 58.6 Å². The summed E-state index contributed by atoms with van der Waals surface area (Å²) in [5.74, 6) is 0.301. The zero-order chi connectivity index (χ0) is 12.8. The van der Waals surface area contributed by atoms with Gasteiger partial charge in [-0.05, 0) is 30.2 Å². The van der Waals surface area contributed by atoms with E-state index in [-0.39, 0.29) is 17.7 Å². The summed E-state index contributed by atoms with van der Waals surface area (Å²) < 4.78 is 5.07. The van der Waals surface area contributed by atoms with Gasteiger partial charge in [0.15, 0.2) is 0 Å². The number of ether oxygens (including phenoxy) is 1. The number of methoxy groups -OCH3 is 1. The third-order valence-corrected chi connectivity index (χ3v) is 2.60. The van der Waals surface area contributed by atoms with Crippen molar-refractivity contribution in [1.82, 2.24) is 5.32 Å². The monoisotopic (exact) mass is 237 g/mol. The van der Waals surface area contributed by atoms with Gasteiger partial charge in [0, 0.05) is 12.7 Å². The molecule has 4 heteroatoms. The molecule has 0 aliphatic carbocycles. The first-order valence-electron chi connectivity index (χ1n) is 5.63. The molecule has 0 aliphatic heterocycles. The van der Waals surface area contributed by atoms with Gasteiger partial charge in [0.25, 0.3) is 5.91 Å². The molecule has 4 nitrogen and oxygen atoms in total. The number of carbonyl (C=O) groups is 1. The largest absolute Gasteiger partial charge is 0.508 e. The second-order valence-corrected chi connectivity index (χ2v) is 4.33. The molecule has 0 saturated heterocycles. The van der Waals surface area contributed by atoms with Gasteiger partial charge in [-0.3, -0.25) is 4.79 Å². The van der Waals surface area contributed by atoms with E-state index in [9.17, 15) is 4.79 Å². The van der Waals surface area contributed by atoms with E-state index in [1.165, 1.54) is 12.1 Å². The minimum Gasteiger partial charge on any atom is -0.508 e. The van der Waals surface area contributed by atoms with E-state index in [1.807, 2.05) is 13.8 Å². The van der Waals surface area contributed by atoms with Crippen LogP contribution in [0.5, 0.6) is 5.75 Å². The smallest absolute Gasteiger partial charge is 0.251 e. The van der Waals surface area contributed by atoms with Crippen LogP contribution in [0.2, 0.25) is 0 Å². The molecule has 0 aromatic heterocycles. The Kier molecular flexibility index (Phi) is 4.97. The molecule has 1 rings (SSSR count). The third-order valence-electron chi connectivity index (χ3n) is 2.60. The number of amides is 1. The van der Waals surface area contributed by atoms with Gasteiger partial charge in [-0.1, -0.05) is 13.8 Å². The van der Waals surface area contributed by atoms with Crippen molar-refractivity contribution in [2.75, 3.05) is 13.7 Å². The van der Waals surface area contributed by atoms with Crippen LogP contribution in [-0.4, -0.2) is 30.8 Å². The fraction of sp³-hybridized carbons (Fsp3) is 0.462. The van der Waals surface area contributed by atoms with Crippen molar-refractivity contribution in [3.63, 3.8) is 0 Å². The first kappa shape index (κ1) is 13.5. The van der Waals surface area contributed by atoms with Crippen LogP contribution in [0.4, 0.5) is 0 Å². The highest BCUT2D eigenvalue weighted by atomic mass is 16.5. The number of hydrogen-bond donors (Lipinski definition) is 2. The van der Waals surface area contributed by atoms with E-state index in [1.54, 1.807) is 19.2 Å². The van der Waals surface area contributed by atoms with Crippen LogP contribution in [0.25, 0.3) is 0 Å². The van der Waals surface area contributed by atoms with Crippen molar-refractivity contribution in [3.05, 3.63) is 29.8 Å². The summed E-state index contributed by atoms with van der Waals surface area (Å²) in [5, 5.41) is 12.0. The molecule has 0 aliphatic rings. The Morgan fingerprint density at radius 2 is 1.94 bits per heavy atom. The molecular formula is C13H19NO3. The van der Waals surface area contributed by atoms with E-state index < -0.39 is 0 Å². The molecule has 1 unspecified atom stereocenters. The van der Waals surface area contributed by atoms with Crippen molar-refractivity contribution >= 4 is 5.91 Å². The molecule has 17 heavy (non-hydrogen) atoms. The second kappa shape index (κ2) is 6.25. The minimum atomic E-state index is -0.152. The van der Waals surface area contributed by atoms with Gasteiger partial charge < -0.3 is 15.2 Å². The van der Waals surface area contributed by atoms with Crippen LogP contribution in [0.3, 0.4) is 0 Å². The molecule has 0 radical (unpaired) electrons. The highest BCUT2D eigenvalue weighted by Gasteiger charge is 2.16. The quantitative estimate of drug-likeness (QED) is 0.821. The van der Waals surface area contributed by atoms with Crippen LogP contribution >= 0.6 is 0 Å². The maximum absolute atomic E-state index is 11.9. The zero-order valence-electron chi connectivity index (χ0n) is 10.4. The maximum atomic E-state index is 11.9. The lowest BCUT2D eigenvalue weighted by Crippen LogP contribution is -2.41. The summed E-state index contributed by atoms with van der Waals surface area (Å²) in [6, 6.07) is 6.16. The summed E-state index contributed by atoms with van der Waals surface area (Å²) in [7, 11) is 1.61. The fourth-order valence-electron chi connectivity index (χ4n) is 1.44. The Balaban J connectivity index is 2.66. The van der Waals surface area contributed by atoms with Crippen LogP contribution in [-0.2, 0) is 4.74 Å². The standard InChI is InChI=1S/C13H19NO3/c1-9(2)12(8-17-3)14-13(16)10-4-6-11(15)7-5-10/h4-7,9,12,15H,8H2,1-3H3,(H,14,16). The molecule has 0 heterocycles. The predicted molar refractivity (Wildman–Crippen MR) is 66.1 cm³/mol. The maximum Gasteiger partial charge on any atom is 0.251 e. The average Bonchev–Trinajstić information content (AvgIpc) is 2.29. The molecule has 94 valence electrons. The van der Waals surface area contributed by atoms with Gasteiger partial charge in [-0.15, -0.1) is 0 Å². The Bertz CT molecular complexity index is 359. The van der Waals surface area contributed by atoms with Crippen molar-refractivity contribution in [1.29, 1.82) is 0 Å². The SMILES string of the molecule is COCC(NC(=O)c1ccc(O)cc1)C(C)C. The third kappa shape index (κ3) is 4.07. The predicted octanol–water partition coefficient (Wildman–Crippen LogP) is 1.79. The van der Waals surface area contributed by atoms with E-state index in [4.69, 9.17) is 9.84 Å². The summed E-state index contributed by atoms with van der Waals surface area (Å²) >= 11 is 0. The van der Waals surface area contributed by atoms with Gasteiger partial charge in [-0.2, -0.15) is 0 Å². The number of rotatable bonds is 5. The zero-order valence-corrected chi connectivity index (χ0v) is 10.4. The summed E-state index contributed by atoms with van der Waals surface area (Å²) in [6.45, 7) is 4.54. The molecule has 0 fully saturated rings. The van der Waals surface area contributed by atoms with Crippen LogP contribution in [0.1, 0.15) is 24.2 Å². The van der Waals surface area contributed by atoms with E-state index in [0.29, 0.717) is 18.1 Å². The normalized spacial score (nSPS) is 12.5. The first-order chi connectivity index (χ1) is 8.04. The number of benzene rings is 1. The lowest BCUT2D eigenvalue weighted by Gasteiger charge is -2.21. The number of phenolic OH excluding ortho intramolecular Hbond substituents is 1. The Labute approximate surface area is 102 Å². The Morgan fingerprint density at radius 1 is 1.35 bits per heavy atom. The minimum absolute atomic E-state index is 0.0127. The molecular weight excluding hydrogens is 218 g/mol. The highest BCUT2D eigenvalue weighted by Crippen LogP contribution is 2.10. The summed E-state index contributed by atoms with van der Waals surface area (Å²) in [6.07, 6.45) is 0. The van der Waals surface area contributed by atoms with Crippen molar-refractivity contribution in [2.24, 2.45) is 5.92 Å². The van der Waals surface area contributed by atoms with E-state index in [2.05, 4.69) is 5.32 Å². The molecule has 1 amide bonds. The second-order valence-electron chi connectivity index (χ2n) is 4.33. The number of aromatic hydroxyl groups is 1. The molecule has 1 aromatic carbocycles. The molecule has 0 spiro atoms. The number of hydrogen-bond acceptors (Lipinski definition) is 3. The van der Waals surface area contributed by atoms with Crippen molar-refractivity contribution in [3.8, 4) is 5.75 Å². The molecule has 2 N–H and O–H groups in total. The Morgan fingerprint density at radius 3 is 2.41 bits per heavy atom. The van der Waals surface area contributed by atoms with Gasteiger partial charge >= 0.3 is 0 Å². The highest BCUT2D eigenvalue weighted by molar-refractivity contribution is 5.94. The lowest BCUT2D eigenvalue weighted by atomic mass is 10.0. The summed E-state index contributed by atoms with van der Waals surface area (Å²) in [5.41, 5.74) is 0.532. The molecule has 0 bridgehead atoms. The number of phenols is 1. The van der Waals surface area contributed by atoms with Gasteiger partial charge in [0.05, 0.1) is 12.6 Å². The molecule has 0 saturated carbocycles. The van der Waals surface area contributed by atoms with Crippen molar-refractivity contribution < 1.29 is 14.6 Å². The van der Waals surface area contributed by atoms with Gasteiger partial charge in [-0.25, -0.2) is 0 Å². The van der Waals surface area contributed by atoms with Crippen LogP contribution < -0.4 is 5.32 Å². The number of nitrogens with one attached hydrogen (secondary N) is 1. The molecule has 1 atom stereocenters. The van der Waals surface area contributed by atoms with Crippen LogP contribution in [0, 0.1) is 5.92 Å². The fourth-order valence-corrected chi connectivity index (χ4v) is 1.44. The average molecular weight is 237 g/mol. The molecule has 1 aromatic rings. The van der Waals surface area contributed by atoms with Crippen molar-refractivity contribution in [2.45, 2.75) is 19.9 Å². The van der Waals surface area contributed by atoms with E-state index in [0.717, 1.165) is 0 Å². The summed E-state index contributed by atoms with van der Waals surface area (Å²) in [4.78, 5) is 11.9. The van der Waals surface area contributed by atoms with Gasteiger partial charge in [0.2, 0.25) is 0 Å².